The van der Waals surface area contributed by atoms with E-state index in [0.717, 1.165) is 103 Å². The highest BCUT2D eigenvalue weighted by atomic mass is 16.6. The van der Waals surface area contributed by atoms with Crippen LogP contribution in [0.25, 0.3) is 0 Å². The smallest absolute Gasteiger partial charge is 0.306 e. The molecule has 0 bridgehead atoms. The van der Waals surface area contributed by atoms with E-state index in [1.54, 1.807) is 0 Å². The zero-order valence-electron chi connectivity index (χ0n) is 43.7. The van der Waals surface area contributed by atoms with Gasteiger partial charge in [0.05, 0.1) is 0 Å². The summed E-state index contributed by atoms with van der Waals surface area (Å²) in [5.74, 6) is -0.898. The lowest BCUT2D eigenvalue weighted by molar-refractivity contribution is -0.167. The minimum absolute atomic E-state index is 0.0836. The molecule has 0 N–H and O–H groups in total. The van der Waals surface area contributed by atoms with E-state index in [1.165, 1.54) is 141 Å². The van der Waals surface area contributed by atoms with E-state index in [1.807, 2.05) is 0 Å². The SMILES string of the molecule is CCC/C=C\C/C=C\CCCCCCCC(=O)OCC(COC(=O)CCCCCCCC/C=C\C/C=C\C/C=C\CCCCC)OC(=O)CCCCCCCCCCCCCCCCCC. The first-order valence-electron chi connectivity index (χ1n) is 28.3. The molecular formula is C60H106O6. The molecule has 1 atom stereocenters. The van der Waals surface area contributed by atoms with Gasteiger partial charge in [0, 0.05) is 19.3 Å². The quantitative estimate of drug-likeness (QED) is 0.0262. The summed E-state index contributed by atoms with van der Waals surface area (Å²) in [5, 5.41) is 0. The van der Waals surface area contributed by atoms with Gasteiger partial charge in [-0.05, 0) is 83.5 Å². The van der Waals surface area contributed by atoms with E-state index in [-0.39, 0.29) is 31.1 Å². The molecule has 0 amide bonds. The summed E-state index contributed by atoms with van der Waals surface area (Å²) < 4.78 is 16.8. The third-order valence-electron chi connectivity index (χ3n) is 12.2. The lowest BCUT2D eigenvalue weighted by Crippen LogP contribution is -2.30. The Balaban J connectivity index is 4.38. The van der Waals surface area contributed by atoms with Crippen LogP contribution in [0.15, 0.2) is 60.8 Å². The molecule has 0 aromatic carbocycles. The van der Waals surface area contributed by atoms with Crippen LogP contribution in [0.1, 0.15) is 284 Å². The van der Waals surface area contributed by atoms with E-state index in [2.05, 4.69) is 81.5 Å². The van der Waals surface area contributed by atoms with Gasteiger partial charge in [-0.25, -0.2) is 0 Å². The molecule has 1 unspecified atom stereocenters. The zero-order valence-corrected chi connectivity index (χ0v) is 43.7. The molecule has 6 nitrogen and oxygen atoms in total. The van der Waals surface area contributed by atoms with E-state index in [9.17, 15) is 14.4 Å². The van der Waals surface area contributed by atoms with Crippen molar-refractivity contribution in [1.82, 2.24) is 0 Å². The Hall–Kier alpha value is -2.89. The van der Waals surface area contributed by atoms with Gasteiger partial charge in [0.2, 0.25) is 0 Å². The van der Waals surface area contributed by atoms with E-state index in [0.29, 0.717) is 19.3 Å². The first-order chi connectivity index (χ1) is 32.5. The normalized spacial score (nSPS) is 12.5. The fourth-order valence-electron chi connectivity index (χ4n) is 7.96. The van der Waals surface area contributed by atoms with E-state index < -0.39 is 6.10 Å². The topological polar surface area (TPSA) is 78.9 Å². The predicted octanol–water partition coefficient (Wildman–Crippen LogP) is 18.8. The van der Waals surface area contributed by atoms with Crippen molar-refractivity contribution < 1.29 is 28.6 Å². The summed E-state index contributed by atoms with van der Waals surface area (Å²) >= 11 is 0. The average molecular weight is 924 g/mol. The minimum atomic E-state index is -0.783. The Kier molecular flexibility index (Phi) is 52.3. The van der Waals surface area contributed by atoms with Gasteiger partial charge < -0.3 is 14.2 Å². The van der Waals surface area contributed by atoms with Gasteiger partial charge in [-0.3, -0.25) is 14.4 Å². The van der Waals surface area contributed by atoms with Crippen LogP contribution in [0.2, 0.25) is 0 Å². The molecule has 0 heterocycles. The minimum Gasteiger partial charge on any atom is -0.462 e. The van der Waals surface area contributed by atoms with Crippen molar-refractivity contribution in [2.45, 2.75) is 290 Å². The maximum Gasteiger partial charge on any atom is 0.306 e. The van der Waals surface area contributed by atoms with Crippen molar-refractivity contribution in [2.24, 2.45) is 0 Å². The lowest BCUT2D eigenvalue weighted by atomic mass is 10.0. The summed E-state index contributed by atoms with van der Waals surface area (Å²) in [6.07, 6.45) is 67.7. The fourth-order valence-corrected chi connectivity index (χ4v) is 7.96. The average Bonchev–Trinajstić information content (AvgIpc) is 3.31. The maximum atomic E-state index is 12.8. The molecule has 0 saturated heterocycles. The number of allylic oxidation sites excluding steroid dienone is 10. The highest BCUT2D eigenvalue weighted by Gasteiger charge is 2.19. The van der Waals surface area contributed by atoms with Crippen LogP contribution in [0.4, 0.5) is 0 Å². The van der Waals surface area contributed by atoms with Gasteiger partial charge in [0.1, 0.15) is 13.2 Å². The molecule has 0 aromatic rings. The standard InChI is InChI=1S/C60H106O6/c1-4-7-10-13-16-19-22-25-27-29-30-31-33-35-38-41-44-47-50-53-59(62)65-56-57(55-64-58(61)52-49-46-43-40-37-34-24-21-18-15-12-9-6-3)66-60(63)54-51-48-45-42-39-36-32-28-26-23-20-17-14-11-8-5-2/h12,15-16,19,21,24-25,27,30-31,57H,4-11,13-14,17-18,20,22-23,26,28-29,32-56H2,1-3H3/b15-12-,19-16-,24-21-,27-25-,31-30-. The summed E-state index contributed by atoms with van der Waals surface area (Å²) in [7, 11) is 0. The first kappa shape index (κ1) is 63.1. The Labute approximate surface area is 409 Å². The maximum absolute atomic E-state index is 12.8. The third kappa shape index (κ3) is 52.1. The van der Waals surface area contributed by atoms with Gasteiger partial charge in [0.25, 0.3) is 0 Å². The summed E-state index contributed by atoms with van der Waals surface area (Å²) in [5.41, 5.74) is 0. The lowest BCUT2D eigenvalue weighted by Gasteiger charge is -2.18. The van der Waals surface area contributed by atoms with Crippen LogP contribution in [0.5, 0.6) is 0 Å². The van der Waals surface area contributed by atoms with Gasteiger partial charge in [-0.15, -0.1) is 0 Å². The van der Waals surface area contributed by atoms with Crippen LogP contribution in [0, 0.1) is 0 Å². The zero-order chi connectivity index (χ0) is 47.9. The molecule has 0 fully saturated rings. The second-order valence-electron chi connectivity index (χ2n) is 18.8. The van der Waals surface area contributed by atoms with Gasteiger partial charge in [0.15, 0.2) is 6.10 Å². The summed E-state index contributed by atoms with van der Waals surface area (Å²) in [4.78, 5) is 38.1. The number of carbonyl (C=O) groups is 3. The highest BCUT2D eigenvalue weighted by Crippen LogP contribution is 2.16. The molecule has 0 aliphatic carbocycles. The Morgan fingerprint density at radius 1 is 0.303 bits per heavy atom. The van der Waals surface area contributed by atoms with E-state index in [4.69, 9.17) is 14.2 Å². The largest absolute Gasteiger partial charge is 0.462 e. The van der Waals surface area contributed by atoms with Crippen LogP contribution in [-0.4, -0.2) is 37.2 Å². The number of rotatable bonds is 51. The predicted molar refractivity (Wildman–Crippen MR) is 284 cm³/mol. The molecule has 6 heteroatoms. The summed E-state index contributed by atoms with van der Waals surface area (Å²) in [6, 6.07) is 0. The molecule has 0 aromatic heterocycles. The number of ether oxygens (including phenoxy) is 3. The van der Waals surface area contributed by atoms with Crippen LogP contribution in [-0.2, 0) is 28.6 Å². The molecule has 0 spiro atoms. The number of carbonyl (C=O) groups excluding carboxylic acids is 3. The molecule has 0 radical (unpaired) electrons. The summed E-state index contributed by atoms with van der Waals surface area (Å²) in [6.45, 7) is 6.55. The van der Waals surface area contributed by atoms with Gasteiger partial charge in [-0.2, -0.15) is 0 Å². The van der Waals surface area contributed by atoms with Crippen molar-refractivity contribution in [3.05, 3.63) is 60.8 Å². The fraction of sp³-hybridized carbons (Fsp3) is 0.783. The molecule has 0 rings (SSSR count). The molecule has 0 aliphatic heterocycles. The van der Waals surface area contributed by atoms with Crippen molar-refractivity contribution >= 4 is 17.9 Å². The number of hydrogen-bond donors (Lipinski definition) is 0. The molecule has 0 aliphatic rings. The Morgan fingerprint density at radius 2 is 0.576 bits per heavy atom. The molecular weight excluding hydrogens is 817 g/mol. The van der Waals surface area contributed by atoms with Crippen LogP contribution in [0.3, 0.4) is 0 Å². The second-order valence-corrected chi connectivity index (χ2v) is 18.8. The molecule has 382 valence electrons. The number of unbranched alkanes of at least 4 members (excludes halogenated alkanes) is 30. The van der Waals surface area contributed by atoms with Crippen molar-refractivity contribution in [2.75, 3.05) is 13.2 Å². The second kappa shape index (κ2) is 54.7. The third-order valence-corrected chi connectivity index (χ3v) is 12.2. The van der Waals surface area contributed by atoms with E-state index >= 15 is 0 Å². The van der Waals surface area contributed by atoms with Crippen molar-refractivity contribution in [3.8, 4) is 0 Å². The first-order valence-corrected chi connectivity index (χ1v) is 28.3. The van der Waals surface area contributed by atoms with Crippen LogP contribution >= 0.6 is 0 Å². The van der Waals surface area contributed by atoms with Gasteiger partial charge >= 0.3 is 17.9 Å². The monoisotopic (exact) mass is 923 g/mol. The Bertz CT molecular complexity index is 1200. The van der Waals surface area contributed by atoms with Crippen molar-refractivity contribution in [3.63, 3.8) is 0 Å². The van der Waals surface area contributed by atoms with Crippen molar-refractivity contribution in [1.29, 1.82) is 0 Å². The highest BCUT2D eigenvalue weighted by molar-refractivity contribution is 5.71. The Morgan fingerprint density at radius 3 is 0.939 bits per heavy atom. The molecule has 0 saturated carbocycles. The molecule has 66 heavy (non-hydrogen) atoms. The van der Waals surface area contributed by atoms with Crippen LogP contribution < -0.4 is 0 Å². The number of esters is 3. The number of hydrogen-bond acceptors (Lipinski definition) is 6. The van der Waals surface area contributed by atoms with Gasteiger partial charge in [-0.1, -0.05) is 242 Å².